The molecule has 0 amide bonds. The summed E-state index contributed by atoms with van der Waals surface area (Å²) in [6, 6.07) is 5.65. The number of methoxy groups -OCH3 is 1. The Bertz CT molecular complexity index is 404. The first-order chi connectivity index (χ1) is 7.36. The molecule has 2 atom stereocenters. The first-order valence-electron chi connectivity index (χ1n) is 4.86. The van der Waals surface area contributed by atoms with Gasteiger partial charge < -0.3 is 9.29 Å². The SMILES string of the molecule is COc1ccc(P)c(C(C)(C)CS(=O)[O-])c1. The lowest BCUT2D eigenvalue weighted by molar-refractivity contribution is 0.413. The third kappa shape index (κ3) is 3.27. The normalized spacial score (nSPS) is 13.6. The van der Waals surface area contributed by atoms with Crippen molar-refractivity contribution in [3.8, 4) is 5.75 Å². The molecule has 0 radical (unpaired) electrons. The Kier molecular flexibility index (Phi) is 4.48. The minimum Gasteiger partial charge on any atom is -0.772 e. The topological polar surface area (TPSA) is 49.4 Å². The van der Waals surface area contributed by atoms with Crippen LogP contribution in [0, 0.1) is 0 Å². The van der Waals surface area contributed by atoms with Gasteiger partial charge in [0, 0.05) is 11.2 Å². The second-order valence-corrected chi connectivity index (χ2v) is 5.80. The van der Waals surface area contributed by atoms with Crippen LogP contribution >= 0.6 is 9.24 Å². The van der Waals surface area contributed by atoms with E-state index in [0.29, 0.717) is 0 Å². The van der Waals surface area contributed by atoms with Crippen LogP contribution in [0.4, 0.5) is 0 Å². The first-order valence-corrected chi connectivity index (χ1v) is 6.69. The lowest BCUT2D eigenvalue weighted by Crippen LogP contribution is -2.29. The summed E-state index contributed by atoms with van der Waals surface area (Å²) < 4.78 is 26.8. The van der Waals surface area contributed by atoms with Crippen molar-refractivity contribution in [1.82, 2.24) is 0 Å². The van der Waals surface area contributed by atoms with Crippen LogP contribution in [0.3, 0.4) is 0 Å². The zero-order chi connectivity index (χ0) is 12.3. The van der Waals surface area contributed by atoms with Crippen LogP contribution < -0.4 is 10.0 Å². The monoisotopic (exact) mass is 259 g/mol. The molecule has 1 aromatic rings. The molecule has 0 spiro atoms. The second kappa shape index (κ2) is 5.26. The van der Waals surface area contributed by atoms with Crippen LogP contribution in [-0.4, -0.2) is 21.6 Å². The van der Waals surface area contributed by atoms with Crippen molar-refractivity contribution in [2.45, 2.75) is 19.3 Å². The molecule has 0 aromatic heterocycles. The van der Waals surface area contributed by atoms with Gasteiger partial charge in [-0.05, 0) is 23.0 Å². The molecule has 90 valence electrons. The van der Waals surface area contributed by atoms with E-state index in [9.17, 15) is 8.76 Å². The van der Waals surface area contributed by atoms with Gasteiger partial charge in [-0.2, -0.15) is 0 Å². The standard InChI is InChI=1S/C11H17O3PS/c1-11(2,7-16(12)13)9-6-8(14-3)4-5-10(9)15/h4-6H,7,15H2,1-3H3,(H,12,13)/p-1. The predicted molar refractivity (Wildman–Crippen MR) is 69.2 cm³/mol. The van der Waals surface area contributed by atoms with Crippen LogP contribution in [0.2, 0.25) is 0 Å². The first kappa shape index (κ1) is 13.6. The van der Waals surface area contributed by atoms with Gasteiger partial charge in [-0.1, -0.05) is 31.0 Å². The van der Waals surface area contributed by atoms with Gasteiger partial charge in [-0.25, -0.2) is 0 Å². The lowest BCUT2D eigenvalue weighted by atomic mass is 9.86. The summed E-state index contributed by atoms with van der Waals surface area (Å²) in [5.41, 5.74) is 0.555. The lowest BCUT2D eigenvalue weighted by Gasteiger charge is -2.28. The summed E-state index contributed by atoms with van der Waals surface area (Å²) in [6.45, 7) is 3.82. The van der Waals surface area contributed by atoms with E-state index >= 15 is 0 Å². The average Bonchev–Trinajstić information content (AvgIpc) is 2.16. The molecular formula is C11H16O3PS-. The molecule has 1 aromatic carbocycles. The highest BCUT2D eigenvalue weighted by atomic mass is 32.2. The van der Waals surface area contributed by atoms with Gasteiger partial charge in [0.15, 0.2) is 0 Å². The van der Waals surface area contributed by atoms with E-state index in [1.807, 2.05) is 32.0 Å². The summed E-state index contributed by atoms with van der Waals surface area (Å²) >= 11 is -2.05. The molecule has 0 N–H and O–H groups in total. The van der Waals surface area contributed by atoms with Crippen molar-refractivity contribution in [3.05, 3.63) is 23.8 Å². The van der Waals surface area contributed by atoms with Crippen LogP contribution in [0.15, 0.2) is 18.2 Å². The molecule has 2 unspecified atom stereocenters. The summed E-state index contributed by atoms with van der Waals surface area (Å²) in [6.07, 6.45) is 0. The molecule has 0 saturated carbocycles. The summed E-state index contributed by atoms with van der Waals surface area (Å²) in [5, 5.41) is 0.997. The summed E-state index contributed by atoms with van der Waals surface area (Å²) in [7, 11) is 4.22. The maximum atomic E-state index is 10.8. The molecule has 0 aliphatic carbocycles. The second-order valence-electron chi connectivity index (χ2n) is 4.29. The fourth-order valence-electron chi connectivity index (χ4n) is 1.62. The fraction of sp³-hybridized carbons (Fsp3) is 0.455. The molecule has 0 heterocycles. The van der Waals surface area contributed by atoms with Gasteiger partial charge >= 0.3 is 0 Å². The van der Waals surface area contributed by atoms with Gasteiger partial charge in [0.25, 0.3) is 0 Å². The number of ether oxygens (including phenoxy) is 1. The minimum absolute atomic E-state index is 0.0988. The van der Waals surface area contributed by atoms with Gasteiger partial charge in [0.2, 0.25) is 0 Å². The molecule has 5 heteroatoms. The van der Waals surface area contributed by atoms with Crippen molar-refractivity contribution in [1.29, 1.82) is 0 Å². The zero-order valence-electron chi connectivity index (χ0n) is 9.65. The molecule has 0 aliphatic rings. The van der Waals surface area contributed by atoms with E-state index < -0.39 is 16.5 Å². The van der Waals surface area contributed by atoms with E-state index in [0.717, 1.165) is 16.6 Å². The van der Waals surface area contributed by atoms with E-state index in [1.165, 1.54) is 0 Å². The number of rotatable bonds is 4. The minimum atomic E-state index is -2.05. The van der Waals surface area contributed by atoms with Gasteiger partial charge in [0.05, 0.1) is 7.11 Å². The fourth-order valence-corrected chi connectivity index (χ4v) is 2.94. The van der Waals surface area contributed by atoms with Gasteiger partial charge in [-0.3, -0.25) is 4.21 Å². The molecule has 1 rings (SSSR count). The Morgan fingerprint density at radius 2 is 2.12 bits per heavy atom. The third-order valence-electron chi connectivity index (χ3n) is 2.47. The Balaban J connectivity index is 3.14. The highest BCUT2D eigenvalue weighted by Gasteiger charge is 2.23. The quantitative estimate of drug-likeness (QED) is 0.606. The molecule has 16 heavy (non-hydrogen) atoms. The van der Waals surface area contributed by atoms with Gasteiger partial charge in [0.1, 0.15) is 5.75 Å². The van der Waals surface area contributed by atoms with Crippen LogP contribution in [-0.2, 0) is 16.5 Å². The van der Waals surface area contributed by atoms with Crippen LogP contribution in [0.1, 0.15) is 19.4 Å². The third-order valence-corrected chi connectivity index (χ3v) is 3.93. The van der Waals surface area contributed by atoms with Crippen LogP contribution in [0.5, 0.6) is 5.75 Å². The number of benzene rings is 1. The van der Waals surface area contributed by atoms with Crippen molar-refractivity contribution in [2.75, 3.05) is 12.9 Å². The molecule has 3 nitrogen and oxygen atoms in total. The number of hydrogen-bond donors (Lipinski definition) is 0. The molecule has 0 aliphatic heterocycles. The van der Waals surface area contributed by atoms with E-state index in [1.54, 1.807) is 7.11 Å². The highest BCUT2D eigenvalue weighted by molar-refractivity contribution is 7.79. The van der Waals surface area contributed by atoms with Crippen molar-refractivity contribution < 1.29 is 13.5 Å². The van der Waals surface area contributed by atoms with E-state index in [4.69, 9.17) is 4.74 Å². The molecule has 0 fully saturated rings. The van der Waals surface area contributed by atoms with Crippen molar-refractivity contribution in [2.24, 2.45) is 0 Å². The van der Waals surface area contributed by atoms with Crippen molar-refractivity contribution in [3.63, 3.8) is 0 Å². The summed E-state index contributed by atoms with van der Waals surface area (Å²) in [5.74, 6) is 0.840. The Labute approximate surface area is 101 Å². The van der Waals surface area contributed by atoms with Crippen molar-refractivity contribution >= 4 is 25.6 Å². The smallest absolute Gasteiger partial charge is 0.119 e. The largest absolute Gasteiger partial charge is 0.772 e. The number of hydrogen-bond acceptors (Lipinski definition) is 3. The zero-order valence-corrected chi connectivity index (χ0v) is 11.6. The predicted octanol–water partition coefficient (Wildman–Crippen LogP) is 1.35. The summed E-state index contributed by atoms with van der Waals surface area (Å²) in [4.78, 5) is 0. The highest BCUT2D eigenvalue weighted by Crippen LogP contribution is 2.27. The maximum absolute atomic E-state index is 10.8. The average molecular weight is 259 g/mol. The van der Waals surface area contributed by atoms with Gasteiger partial charge in [-0.15, -0.1) is 9.24 Å². The maximum Gasteiger partial charge on any atom is 0.119 e. The molecule has 0 saturated heterocycles. The van der Waals surface area contributed by atoms with E-state index in [-0.39, 0.29) is 5.75 Å². The molecular weight excluding hydrogens is 243 g/mol. The Hall–Kier alpha value is -0.440. The Morgan fingerprint density at radius 1 is 1.50 bits per heavy atom. The van der Waals surface area contributed by atoms with Crippen LogP contribution in [0.25, 0.3) is 0 Å². The molecule has 0 bridgehead atoms. The van der Waals surface area contributed by atoms with E-state index in [2.05, 4.69) is 9.24 Å². The Morgan fingerprint density at radius 3 is 2.62 bits per heavy atom.